The highest BCUT2D eigenvalue weighted by atomic mass is 32.1. The third-order valence-electron chi connectivity index (χ3n) is 9.47. The number of ether oxygens (including phenoxy) is 6. The molecule has 0 saturated heterocycles. The number of carbonyl (C=O) groups excluding carboxylic acids is 3. The molecule has 0 bridgehead atoms. The van der Waals surface area contributed by atoms with E-state index in [1.165, 1.54) is 46.9 Å². The first-order chi connectivity index (χ1) is 33.1. The molecule has 0 saturated carbocycles. The first-order valence-corrected chi connectivity index (χ1v) is 25.9. The molecule has 68 heavy (non-hydrogen) atoms. The van der Waals surface area contributed by atoms with Gasteiger partial charge in [-0.3, -0.25) is 0 Å². The zero-order valence-corrected chi connectivity index (χ0v) is 42.8. The predicted octanol–water partition coefficient (Wildman–Crippen LogP) is 14.1. The van der Waals surface area contributed by atoms with Gasteiger partial charge in [-0.25, -0.2) is 29.3 Å². The summed E-state index contributed by atoms with van der Waals surface area (Å²) in [4.78, 5) is 48.9. The Balaban J connectivity index is 0.000000222. The van der Waals surface area contributed by atoms with E-state index in [-0.39, 0.29) is 24.5 Å². The number of thiazole rings is 3. The van der Waals surface area contributed by atoms with Crippen LogP contribution in [0.1, 0.15) is 125 Å². The van der Waals surface area contributed by atoms with Gasteiger partial charge in [0.1, 0.15) is 38.9 Å². The molecule has 0 amide bonds. The van der Waals surface area contributed by atoms with Gasteiger partial charge < -0.3 is 28.4 Å². The van der Waals surface area contributed by atoms with Crippen LogP contribution < -0.4 is 14.2 Å². The van der Waals surface area contributed by atoms with Gasteiger partial charge in [0.05, 0.1) is 33.0 Å². The van der Waals surface area contributed by atoms with Crippen molar-refractivity contribution in [3.63, 3.8) is 0 Å². The van der Waals surface area contributed by atoms with Gasteiger partial charge in [0.2, 0.25) is 0 Å². The van der Waals surface area contributed by atoms with Crippen LogP contribution in [0.5, 0.6) is 17.2 Å². The molecule has 0 aliphatic heterocycles. The van der Waals surface area contributed by atoms with Crippen LogP contribution in [0.3, 0.4) is 0 Å². The zero-order chi connectivity index (χ0) is 48.9. The van der Waals surface area contributed by atoms with Gasteiger partial charge in [0.15, 0.2) is 17.1 Å². The van der Waals surface area contributed by atoms with Gasteiger partial charge >= 0.3 is 17.9 Å². The minimum atomic E-state index is -0.389. The zero-order valence-electron chi connectivity index (χ0n) is 40.3. The van der Waals surface area contributed by atoms with Gasteiger partial charge in [0, 0.05) is 32.8 Å². The molecule has 0 aliphatic rings. The largest absolute Gasteiger partial charge is 0.494 e. The number of aromatic nitrogens is 3. The van der Waals surface area contributed by atoms with E-state index >= 15 is 0 Å². The molecular formula is C53H65N3O9S3. The van der Waals surface area contributed by atoms with E-state index in [4.69, 9.17) is 28.4 Å². The highest BCUT2D eigenvalue weighted by Gasteiger charge is 2.16. The molecule has 3 heterocycles. The molecular weight excluding hydrogens is 919 g/mol. The highest BCUT2D eigenvalue weighted by Crippen LogP contribution is 2.29. The molecule has 0 atom stereocenters. The molecule has 0 aliphatic carbocycles. The van der Waals surface area contributed by atoms with Gasteiger partial charge in [0.25, 0.3) is 0 Å². The highest BCUT2D eigenvalue weighted by molar-refractivity contribution is 7.14. The molecule has 6 aromatic rings. The molecule has 0 spiro atoms. The van der Waals surface area contributed by atoms with Crippen molar-refractivity contribution in [3.8, 4) is 49.0 Å². The second-order valence-electron chi connectivity index (χ2n) is 15.4. The number of hydrogen-bond donors (Lipinski definition) is 0. The van der Waals surface area contributed by atoms with E-state index in [1.54, 1.807) is 16.1 Å². The number of carbonyl (C=O) groups is 3. The first-order valence-electron chi connectivity index (χ1n) is 23.3. The summed E-state index contributed by atoms with van der Waals surface area (Å²) in [5.41, 5.74) is 4.00. The average molecular weight is 984 g/mol. The normalized spacial score (nSPS) is 10.7. The molecule has 364 valence electrons. The maximum absolute atomic E-state index is 12.0. The predicted molar refractivity (Wildman–Crippen MR) is 275 cm³/mol. The number of allylic oxidation sites excluding steroid dienone is 1. The number of rotatable bonds is 24. The summed E-state index contributed by atoms with van der Waals surface area (Å²) < 4.78 is 31.9. The lowest BCUT2D eigenvalue weighted by Gasteiger charge is -2.05. The number of unbranched alkanes of at least 4 members (excludes halogenated alkanes) is 4. The second kappa shape index (κ2) is 31.2. The number of hydrogen-bond acceptors (Lipinski definition) is 15. The smallest absolute Gasteiger partial charge is 0.358 e. The maximum atomic E-state index is 12.0. The summed E-state index contributed by atoms with van der Waals surface area (Å²) in [5.74, 6) is 1.92. The fraction of sp³-hybridized carbons (Fsp3) is 0.396. The summed E-state index contributed by atoms with van der Waals surface area (Å²) >= 11 is 4.31. The lowest BCUT2D eigenvalue weighted by atomic mass is 10.1. The van der Waals surface area contributed by atoms with Crippen molar-refractivity contribution >= 4 is 51.9 Å². The average Bonchev–Trinajstić information content (AvgIpc) is 4.16. The maximum Gasteiger partial charge on any atom is 0.358 e. The molecule has 0 N–H and O–H groups in total. The lowest BCUT2D eigenvalue weighted by molar-refractivity contribution is 0.0476. The van der Waals surface area contributed by atoms with Crippen LogP contribution in [-0.2, 0) is 14.2 Å². The molecule has 0 radical (unpaired) electrons. The van der Waals surface area contributed by atoms with Crippen LogP contribution in [0.25, 0.3) is 31.7 Å². The Bertz CT molecular complexity index is 2390. The van der Waals surface area contributed by atoms with Crippen LogP contribution in [0.2, 0.25) is 0 Å². The second-order valence-corrected chi connectivity index (χ2v) is 17.9. The van der Waals surface area contributed by atoms with Gasteiger partial charge in [-0.05, 0) is 119 Å². The van der Waals surface area contributed by atoms with E-state index in [1.807, 2.05) is 106 Å². The Morgan fingerprint density at radius 1 is 0.500 bits per heavy atom. The molecule has 3 aromatic carbocycles. The SMILES string of the molecule is CCC/C=C/COC(=O)c1csc(-c2ccc(OCC)cc2)n1.CCCCCCOC(=O)c1csc(-c2ccc(OCC)cc2)n1.CCOc1ccc(-c2nc(C(=O)OCCC(C)C)cs2)cc1. The quantitative estimate of drug-likeness (QED) is 0.0246. The first kappa shape index (κ1) is 54.7. The third kappa shape index (κ3) is 19.4. The van der Waals surface area contributed by atoms with Crippen LogP contribution in [0, 0.1) is 5.92 Å². The molecule has 0 unspecified atom stereocenters. The van der Waals surface area contributed by atoms with Crippen molar-refractivity contribution in [3.05, 3.63) is 118 Å². The summed E-state index contributed by atoms with van der Waals surface area (Å²) in [7, 11) is 0. The molecule has 3 aromatic heterocycles. The van der Waals surface area contributed by atoms with Crippen molar-refractivity contribution < 1.29 is 42.8 Å². The number of benzene rings is 3. The number of esters is 3. The van der Waals surface area contributed by atoms with Gasteiger partial charge in [-0.15, -0.1) is 34.0 Å². The standard InChI is InChI=1S/C18H23NO3S.C18H21NO3S.C17H21NO3S/c2*1-3-5-6-7-12-22-18(20)16-13-23-17(19-16)14-8-10-15(11-9-14)21-4-2;1-4-20-14-7-5-13(6-8-14)16-18-15(11-22-16)17(19)21-10-9-12(2)3/h8-11,13H,3-7,12H2,1-2H3;6-11,13H,3-5,12H2,1-2H3;5-8,11-12H,4,9-10H2,1-3H3/b;7-6+;. The van der Waals surface area contributed by atoms with Crippen LogP contribution in [0.15, 0.2) is 101 Å². The van der Waals surface area contributed by atoms with Crippen molar-refractivity contribution in [2.45, 2.75) is 93.4 Å². The minimum absolute atomic E-state index is 0.286. The Kier molecular flexibility index (Phi) is 25.1. The Labute approximate surface area is 413 Å². The van der Waals surface area contributed by atoms with E-state index in [2.05, 4.69) is 42.6 Å². The van der Waals surface area contributed by atoms with Gasteiger partial charge in [-0.1, -0.05) is 65.5 Å². The van der Waals surface area contributed by atoms with Crippen molar-refractivity contribution in [2.24, 2.45) is 5.92 Å². The summed E-state index contributed by atoms with van der Waals surface area (Å²) in [6, 6.07) is 23.1. The molecule has 0 fully saturated rings. The van der Waals surface area contributed by atoms with Crippen LogP contribution in [0.4, 0.5) is 0 Å². The van der Waals surface area contributed by atoms with E-state index in [0.29, 0.717) is 56.0 Å². The van der Waals surface area contributed by atoms with E-state index in [9.17, 15) is 14.4 Å². The number of nitrogens with zero attached hydrogens (tertiary/aromatic N) is 3. The topological polar surface area (TPSA) is 145 Å². The summed E-state index contributed by atoms with van der Waals surface area (Å²) in [6.45, 7) is 17.4. The van der Waals surface area contributed by atoms with E-state index in [0.717, 1.165) is 81.1 Å². The van der Waals surface area contributed by atoms with Crippen molar-refractivity contribution in [1.82, 2.24) is 15.0 Å². The van der Waals surface area contributed by atoms with Crippen LogP contribution >= 0.6 is 34.0 Å². The van der Waals surface area contributed by atoms with Gasteiger partial charge in [-0.2, -0.15) is 0 Å². The molecule has 15 heteroatoms. The minimum Gasteiger partial charge on any atom is -0.494 e. The van der Waals surface area contributed by atoms with Crippen molar-refractivity contribution in [1.29, 1.82) is 0 Å². The molecule has 6 rings (SSSR count). The lowest BCUT2D eigenvalue weighted by Crippen LogP contribution is -2.08. The van der Waals surface area contributed by atoms with Crippen molar-refractivity contribution in [2.75, 3.05) is 39.6 Å². The fourth-order valence-electron chi connectivity index (χ4n) is 5.86. The van der Waals surface area contributed by atoms with Crippen LogP contribution in [-0.4, -0.2) is 72.5 Å². The molecule has 12 nitrogen and oxygen atoms in total. The Hall–Kier alpha value is -5.90. The summed E-state index contributed by atoms with van der Waals surface area (Å²) in [6.07, 6.45) is 11.2. The Morgan fingerprint density at radius 3 is 1.26 bits per heavy atom. The van der Waals surface area contributed by atoms with E-state index < -0.39 is 0 Å². The summed E-state index contributed by atoms with van der Waals surface area (Å²) in [5, 5.41) is 7.62. The fourth-order valence-corrected chi connectivity index (χ4v) is 8.25. The monoisotopic (exact) mass is 983 g/mol. The Morgan fingerprint density at radius 2 is 0.897 bits per heavy atom. The third-order valence-corrected chi connectivity index (χ3v) is 12.1.